The van der Waals surface area contributed by atoms with Gasteiger partial charge in [-0.3, -0.25) is 29.9 Å². The first-order chi connectivity index (χ1) is 12.8. The van der Waals surface area contributed by atoms with Crippen molar-refractivity contribution in [2.45, 2.75) is 0 Å². The Morgan fingerprint density at radius 3 is 2.48 bits per heavy atom. The van der Waals surface area contributed by atoms with Gasteiger partial charge in [0.05, 0.1) is 10.6 Å². The van der Waals surface area contributed by atoms with Gasteiger partial charge in [0, 0.05) is 10.5 Å². The molecule has 1 saturated heterocycles. The lowest BCUT2D eigenvalue weighted by Crippen LogP contribution is -2.54. The van der Waals surface area contributed by atoms with Gasteiger partial charge in [-0.1, -0.05) is 22.0 Å². The monoisotopic (exact) mass is 447 g/mol. The second kappa shape index (κ2) is 7.25. The van der Waals surface area contributed by atoms with Crippen molar-refractivity contribution in [2.24, 2.45) is 0 Å². The van der Waals surface area contributed by atoms with Crippen LogP contribution in [0.2, 0.25) is 0 Å². The fourth-order valence-corrected chi connectivity index (χ4v) is 2.97. The molecule has 2 amide bonds. The van der Waals surface area contributed by atoms with E-state index in [0.29, 0.717) is 5.69 Å². The molecule has 2 N–H and O–H groups in total. The number of anilines is 1. The van der Waals surface area contributed by atoms with Crippen molar-refractivity contribution < 1.29 is 19.6 Å². The molecule has 10 heteroatoms. The van der Waals surface area contributed by atoms with Gasteiger partial charge < -0.3 is 5.11 Å². The third-order valence-electron chi connectivity index (χ3n) is 3.69. The van der Waals surface area contributed by atoms with Crippen molar-refractivity contribution in [3.05, 3.63) is 68.2 Å². The predicted molar refractivity (Wildman–Crippen MR) is 105 cm³/mol. The lowest BCUT2D eigenvalue weighted by molar-refractivity contribution is -0.385. The van der Waals surface area contributed by atoms with E-state index in [0.717, 1.165) is 21.5 Å². The Hall–Kier alpha value is -3.11. The Kier molecular flexibility index (Phi) is 5.02. The number of nitro groups is 1. The lowest BCUT2D eigenvalue weighted by atomic mass is 10.1. The quantitative estimate of drug-likeness (QED) is 0.246. The highest BCUT2D eigenvalue weighted by Crippen LogP contribution is 2.28. The van der Waals surface area contributed by atoms with Gasteiger partial charge in [-0.25, -0.2) is 0 Å². The minimum atomic E-state index is -0.761. The van der Waals surface area contributed by atoms with Crippen LogP contribution in [0.1, 0.15) is 5.56 Å². The zero-order chi connectivity index (χ0) is 19.7. The number of nitro benzene ring substituents is 1. The number of hydrogen-bond acceptors (Lipinski definition) is 6. The second-order valence-electron chi connectivity index (χ2n) is 5.44. The van der Waals surface area contributed by atoms with Crippen molar-refractivity contribution in [3.8, 4) is 5.75 Å². The molecule has 1 heterocycles. The number of nitrogens with one attached hydrogen (secondary N) is 1. The zero-order valence-corrected chi connectivity index (χ0v) is 15.8. The number of benzene rings is 2. The summed E-state index contributed by atoms with van der Waals surface area (Å²) in [6, 6.07) is 10.3. The molecule has 0 aliphatic carbocycles. The molecular formula is C17H10BrN3O5S. The molecule has 3 rings (SSSR count). The maximum Gasteiger partial charge on any atom is 0.311 e. The second-order valence-corrected chi connectivity index (χ2v) is 6.74. The molecule has 1 aliphatic heterocycles. The molecule has 1 fully saturated rings. The van der Waals surface area contributed by atoms with E-state index in [2.05, 4.69) is 21.2 Å². The summed E-state index contributed by atoms with van der Waals surface area (Å²) < 4.78 is 0.804. The Balaban J connectivity index is 2.03. The third kappa shape index (κ3) is 3.71. The van der Waals surface area contributed by atoms with Crippen molar-refractivity contribution in [2.75, 3.05) is 4.90 Å². The number of halogens is 1. The minimum Gasteiger partial charge on any atom is -0.502 e. The normalized spacial score (nSPS) is 15.8. The molecule has 27 heavy (non-hydrogen) atoms. The standard InChI is InChI=1S/C17H10BrN3O5S/c18-10-2-4-11(5-3-10)20-16(24)12(15(23)19-17(20)27)7-9-1-6-14(22)13(8-9)21(25)26/h1-8,22H,(H,19,23,27). The first kappa shape index (κ1) is 18.7. The van der Waals surface area contributed by atoms with E-state index < -0.39 is 28.2 Å². The summed E-state index contributed by atoms with van der Waals surface area (Å²) in [6.07, 6.45) is 1.21. The highest BCUT2D eigenvalue weighted by atomic mass is 79.9. The summed E-state index contributed by atoms with van der Waals surface area (Å²) in [4.78, 5) is 36.4. The van der Waals surface area contributed by atoms with E-state index in [1.54, 1.807) is 24.3 Å². The third-order valence-corrected chi connectivity index (χ3v) is 4.51. The van der Waals surface area contributed by atoms with Gasteiger partial charge in [-0.15, -0.1) is 0 Å². The van der Waals surface area contributed by atoms with Gasteiger partial charge in [0.25, 0.3) is 11.8 Å². The molecule has 1 aliphatic rings. The smallest absolute Gasteiger partial charge is 0.311 e. The number of nitrogens with zero attached hydrogens (tertiary/aromatic N) is 2. The average molecular weight is 448 g/mol. The maximum absolute atomic E-state index is 12.8. The van der Waals surface area contributed by atoms with Crippen molar-refractivity contribution in [3.63, 3.8) is 0 Å². The molecular weight excluding hydrogens is 438 g/mol. The van der Waals surface area contributed by atoms with Crippen LogP contribution >= 0.6 is 28.1 Å². The van der Waals surface area contributed by atoms with E-state index in [1.165, 1.54) is 12.1 Å². The first-order valence-electron chi connectivity index (χ1n) is 7.42. The molecule has 2 aromatic rings. The number of carbonyl (C=O) groups excluding carboxylic acids is 2. The largest absolute Gasteiger partial charge is 0.502 e. The van der Waals surface area contributed by atoms with Crippen LogP contribution in [-0.2, 0) is 9.59 Å². The van der Waals surface area contributed by atoms with Crippen LogP contribution in [0.3, 0.4) is 0 Å². The van der Waals surface area contributed by atoms with Gasteiger partial charge in [-0.2, -0.15) is 0 Å². The summed E-state index contributed by atoms with van der Waals surface area (Å²) in [6.45, 7) is 0. The van der Waals surface area contributed by atoms with Crippen molar-refractivity contribution in [1.82, 2.24) is 5.32 Å². The fraction of sp³-hybridized carbons (Fsp3) is 0. The van der Waals surface area contributed by atoms with Gasteiger partial charge in [-0.05, 0) is 54.2 Å². The number of phenols is 1. The lowest BCUT2D eigenvalue weighted by Gasteiger charge is -2.28. The SMILES string of the molecule is O=C1NC(=S)N(c2ccc(Br)cc2)C(=O)C1=Cc1ccc(O)c([N+](=O)[O-])c1. The summed E-state index contributed by atoms with van der Waals surface area (Å²) >= 11 is 8.39. The Bertz CT molecular complexity index is 1020. The summed E-state index contributed by atoms with van der Waals surface area (Å²) in [5.41, 5.74) is -0.114. The van der Waals surface area contributed by atoms with E-state index in [4.69, 9.17) is 12.2 Å². The molecule has 2 aromatic carbocycles. The van der Waals surface area contributed by atoms with Crippen LogP contribution < -0.4 is 10.2 Å². The number of rotatable bonds is 3. The number of carbonyl (C=O) groups is 2. The van der Waals surface area contributed by atoms with Crippen molar-refractivity contribution >= 4 is 62.5 Å². The van der Waals surface area contributed by atoms with Crippen LogP contribution in [0, 0.1) is 10.1 Å². The highest BCUT2D eigenvalue weighted by molar-refractivity contribution is 9.10. The van der Waals surface area contributed by atoms with Gasteiger partial charge >= 0.3 is 5.69 Å². The number of aromatic hydroxyl groups is 1. The Labute approximate surface area is 166 Å². The number of phenolic OH excluding ortho intramolecular Hbond substituents is 1. The zero-order valence-electron chi connectivity index (χ0n) is 13.4. The maximum atomic E-state index is 12.8. The first-order valence-corrected chi connectivity index (χ1v) is 8.62. The molecule has 0 spiro atoms. The molecule has 8 nitrogen and oxygen atoms in total. The van der Waals surface area contributed by atoms with E-state index >= 15 is 0 Å². The van der Waals surface area contributed by atoms with E-state index in [9.17, 15) is 24.8 Å². The number of thiocarbonyl (C=S) groups is 1. The molecule has 0 saturated carbocycles. The molecule has 0 aromatic heterocycles. The summed E-state index contributed by atoms with van der Waals surface area (Å²) in [5.74, 6) is -1.89. The molecule has 0 radical (unpaired) electrons. The topological polar surface area (TPSA) is 113 Å². The number of hydrogen-bond donors (Lipinski definition) is 2. The minimum absolute atomic E-state index is 0.0684. The van der Waals surface area contributed by atoms with Gasteiger partial charge in [0.1, 0.15) is 5.57 Å². The van der Waals surface area contributed by atoms with Crippen LogP contribution in [0.4, 0.5) is 11.4 Å². The van der Waals surface area contributed by atoms with E-state index in [1.807, 2.05) is 0 Å². The van der Waals surface area contributed by atoms with Crippen molar-refractivity contribution in [1.29, 1.82) is 0 Å². The number of amides is 2. The molecule has 0 atom stereocenters. The van der Waals surface area contributed by atoms with Crippen LogP contribution in [0.25, 0.3) is 6.08 Å². The van der Waals surface area contributed by atoms with Crippen LogP contribution in [-0.4, -0.2) is 27.0 Å². The fourth-order valence-electron chi connectivity index (χ4n) is 2.43. The Morgan fingerprint density at radius 1 is 1.19 bits per heavy atom. The van der Waals surface area contributed by atoms with Gasteiger partial charge in [0.2, 0.25) is 0 Å². The van der Waals surface area contributed by atoms with Gasteiger partial charge in [0.15, 0.2) is 10.9 Å². The molecule has 136 valence electrons. The highest BCUT2D eigenvalue weighted by Gasteiger charge is 2.34. The summed E-state index contributed by atoms with van der Waals surface area (Å²) in [5, 5.41) is 22.8. The van der Waals surface area contributed by atoms with Crippen LogP contribution in [0.15, 0.2) is 52.5 Å². The van der Waals surface area contributed by atoms with E-state index in [-0.39, 0.29) is 16.2 Å². The van der Waals surface area contributed by atoms with Crippen LogP contribution in [0.5, 0.6) is 5.75 Å². The average Bonchev–Trinajstić information content (AvgIpc) is 2.61. The molecule has 0 bridgehead atoms. The summed E-state index contributed by atoms with van der Waals surface area (Å²) in [7, 11) is 0. The Morgan fingerprint density at radius 2 is 1.85 bits per heavy atom. The predicted octanol–water partition coefficient (Wildman–Crippen LogP) is 2.89. The molecule has 0 unspecified atom stereocenters.